The monoisotopic (exact) mass is 253 g/mol. The predicted octanol–water partition coefficient (Wildman–Crippen LogP) is 0.373. The maximum atomic E-state index is 13.2. The second-order valence-corrected chi connectivity index (χ2v) is 4.27. The number of aromatic nitrogens is 1. The van der Waals surface area contributed by atoms with Crippen LogP contribution in [0, 0.1) is 5.95 Å². The van der Waals surface area contributed by atoms with Gasteiger partial charge in [-0.1, -0.05) is 0 Å². The van der Waals surface area contributed by atoms with Gasteiger partial charge in [-0.2, -0.15) is 4.39 Å². The second-order valence-electron chi connectivity index (χ2n) is 4.27. The van der Waals surface area contributed by atoms with Gasteiger partial charge in [0, 0.05) is 32.4 Å². The van der Waals surface area contributed by atoms with Crippen molar-refractivity contribution in [3.63, 3.8) is 0 Å². The SMILES string of the molecule is CN1CCN(C(=O)COc2cccnc2F)CC1. The Balaban J connectivity index is 1.83. The van der Waals surface area contributed by atoms with Gasteiger partial charge in [0.2, 0.25) is 0 Å². The zero-order valence-electron chi connectivity index (χ0n) is 10.3. The van der Waals surface area contributed by atoms with E-state index in [1.807, 2.05) is 7.05 Å². The average Bonchev–Trinajstić information content (AvgIpc) is 2.38. The number of halogens is 1. The fourth-order valence-corrected chi connectivity index (χ4v) is 1.77. The Bertz CT molecular complexity index is 420. The van der Waals surface area contributed by atoms with Gasteiger partial charge in [0.1, 0.15) is 0 Å². The molecule has 0 bridgehead atoms. The van der Waals surface area contributed by atoms with Crippen LogP contribution in [0.25, 0.3) is 0 Å². The van der Waals surface area contributed by atoms with Crippen molar-refractivity contribution in [1.82, 2.24) is 14.8 Å². The van der Waals surface area contributed by atoms with E-state index in [-0.39, 0.29) is 18.3 Å². The van der Waals surface area contributed by atoms with E-state index in [1.165, 1.54) is 12.3 Å². The summed E-state index contributed by atoms with van der Waals surface area (Å²) in [6.07, 6.45) is 1.34. The molecule has 6 heteroatoms. The highest BCUT2D eigenvalue weighted by molar-refractivity contribution is 5.77. The molecule has 1 fully saturated rings. The van der Waals surface area contributed by atoms with E-state index >= 15 is 0 Å². The standard InChI is InChI=1S/C12H16FN3O2/c1-15-5-7-16(8-6-15)11(17)9-18-10-3-2-4-14-12(10)13/h2-4H,5-9H2,1H3. The third kappa shape index (κ3) is 3.16. The topological polar surface area (TPSA) is 45.7 Å². The molecule has 1 amide bonds. The summed E-state index contributed by atoms with van der Waals surface area (Å²) in [5.74, 6) is -0.796. The maximum absolute atomic E-state index is 13.2. The number of ether oxygens (including phenoxy) is 1. The van der Waals surface area contributed by atoms with Crippen LogP contribution in [0.15, 0.2) is 18.3 Å². The lowest BCUT2D eigenvalue weighted by Gasteiger charge is -2.32. The average molecular weight is 253 g/mol. The van der Waals surface area contributed by atoms with E-state index < -0.39 is 5.95 Å². The Hall–Kier alpha value is -1.69. The van der Waals surface area contributed by atoms with Crippen molar-refractivity contribution < 1.29 is 13.9 Å². The number of carbonyl (C=O) groups is 1. The summed E-state index contributed by atoms with van der Waals surface area (Å²) in [6.45, 7) is 2.94. The van der Waals surface area contributed by atoms with E-state index in [0.29, 0.717) is 13.1 Å². The van der Waals surface area contributed by atoms with Crippen LogP contribution in [0.3, 0.4) is 0 Å². The third-order valence-electron chi connectivity index (χ3n) is 2.93. The van der Waals surface area contributed by atoms with E-state index in [2.05, 4.69) is 9.88 Å². The number of hydrogen-bond acceptors (Lipinski definition) is 4. The Morgan fingerprint density at radius 1 is 1.44 bits per heavy atom. The fraction of sp³-hybridized carbons (Fsp3) is 0.500. The second kappa shape index (κ2) is 5.77. The highest BCUT2D eigenvalue weighted by atomic mass is 19.1. The van der Waals surface area contributed by atoms with Crippen LogP contribution in [0.5, 0.6) is 5.75 Å². The Kier molecular flexibility index (Phi) is 4.09. The largest absolute Gasteiger partial charge is 0.479 e. The summed E-state index contributed by atoms with van der Waals surface area (Å²) in [5, 5.41) is 0. The van der Waals surface area contributed by atoms with Crippen LogP contribution < -0.4 is 4.74 Å². The molecule has 1 aromatic rings. The molecule has 1 saturated heterocycles. The van der Waals surface area contributed by atoms with Gasteiger partial charge in [0.25, 0.3) is 11.9 Å². The number of amides is 1. The minimum atomic E-state index is -0.691. The lowest BCUT2D eigenvalue weighted by molar-refractivity contribution is -0.134. The highest BCUT2D eigenvalue weighted by Crippen LogP contribution is 2.12. The lowest BCUT2D eigenvalue weighted by Crippen LogP contribution is -2.48. The molecule has 0 aliphatic carbocycles. The molecule has 2 rings (SSSR count). The number of likely N-dealkylation sites (N-methyl/N-ethyl adjacent to an activating group) is 1. The number of nitrogens with zero attached hydrogens (tertiary/aromatic N) is 3. The van der Waals surface area contributed by atoms with Crippen molar-refractivity contribution in [3.8, 4) is 5.75 Å². The Labute approximate surface area is 105 Å². The van der Waals surface area contributed by atoms with Crippen LogP contribution >= 0.6 is 0 Å². The van der Waals surface area contributed by atoms with Crippen molar-refractivity contribution in [1.29, 1.82) is 0 Å². The molecular formula is C12H16FN3O2. The first-order valence-electron chi connectivity index (χ1n) is 5.86. The Morgan fingerprint density at radius 3 is 2.83 bits per heavy atom. The van der Waals surface area contributed by atoms with E-state index in [1.54, 1.807) is 11.0 Å². The summed E-state index contributed by atoms with van der Waals surface area (Å²) in [4.78, 5) is 19.2. The number of hydrogen-bond donors (Lipinski definition) is 0. The minimum Gasteiger partial charge on any atom is -0.479 e. The number of carbonyl (C=O) groups excluding carboxylic acids is 1. The highest BCUT2D eigenvalue weighted by Gasteiger charge is 2.19. The van der Waals surface area contributed by atoms with Crippen LogP contribution in [0.1, 0.15) is 0 Å². The first-order valence-corrected chi connectivity index (χ1v) is 5.86. The molecule has 2 heterocycles. The van der Waals surface area contributed by atoms with Crippen molar-refractivity contribution in [2.24, 2.45) is 0 Å². The Morgan fingerprint density at radius 2 is 2.17 bits per heavy atom. The summed E-state index contributed by atoms with van der Waals surface area (Å²) < 4.78 is 18.3. The number of pyridine rings is 1. The van der Waals surface area contributed by atoms with Gasteiger partial charge in [0.05, 0.1) is 0 Å². The molecule has 98 valence electrons. The van der Waals surface area contributed by atoms with Crippen LogP contribution in [-0.2, 0) is 4.79 Å². The predicted molar refractivity (Wildman–Crippen MR) is 63.8 cm³/mol. The summed E-state index contributed by atoms with van der Waals surface area (Å²) in [7, 11) is 2.02. The van der Waals surface area contributed by atoms with Gasteiger partial charge < -0.3 is 14.5 Å². The van der Waals surface area contributed by atoms with E-state index in [9.17, 15) is 9.18 Å². The van der Waals surface area contributed by atoms with Gasteiger partial charge in [-0.25, -0.2) is 4.98 Å². The first-order chi connectivity index (χ1) is 8.66. The fourth-order valence-electron chi connectivity index (χ4n) is 1.77. The molecule has 1 aliphatic heterocycles. The molecule has 0 aromatic carbocycles. The number of rotatable bonds is 3. The van der Waals surface area contributed by atoms with Gasteiger partial charge in [-0.15, -0.1) is 0 Å². The normalized spacial score (nSPS) is 16.7. The van der Waals surface area contributed by atoms with Crippen LogP contribution in [0.2, 0.25) is 0 Å². The molecule has 0 unspecified atom stereocenters. The maximum Gasteiger partial charge on any atom is 0.260 e. The van der Waals surface area contributed by atoms with Gasteiger partial charge >= 0.3 is 0 Å². The molecule has 0 saturated carbocycles. The van der Waals surface area contributed by atoms with E-state index in [4.69, 9.17) is 4.74 Å². The van der Waals surface area contributed by atoms with Crippen LogP contribution in [0.4, 0.5) is 4.39 Å². The summed E-state index contributed by atoms with van der Waals surface area (Å²) >= 11 is 0. The van der Waals surface area contributed by atoms with Gasteiger partial charge in [-0.05, 0) is 19.2 Å². The molecule has 0 atom stereocenters. The van der Waals surface area contributed by atoms with Crippen molar-refractivity contribution in [2.45, 2.75) is 0 Å². The zero-order valence-corrected chi connectivity index (χ0v) is 10.3. The van der Waals surface area contributed by atoms with Crippen molar-refractivity contribution in [2.75, 3.05) is 39.8 Å². The quantitative estimate of drug-likeness (QED) is 0.730. The molecular weight excluding hydrogens is 237 g/mol. The molecule has 1 aliphatic rings. The zero-order chi connectivity index (χ0) is 13.0. The smallest absolute Gasteiger partial charge is 0.260 e. The van der Waals surface area contributed by atoms with Crippen LogP contribution in [-0.4, -0.2) is 60.5 Å². The van der Waals surface area contributed by atoms with Crippen molar-refractivity contribution in [3.05, 3.63) is 24.3 Å². The first kappa shape index (κ1) is 12.8. The molecule has 0 radical (unpaired) electrons. The molecule has 0 spiro atoms. The molecule has 1 aromatic heterocycles. The summed E-state index contributed by atoms with van der Waals surface area (Å²) in [5.41, 5.74) is 0. The molecule has 5 nitrogen and oxygen atoms in total. The molecule has 0 N–H and O–H groups in total. The van der Waals surface area contributed by atoms with Crippen molar-refractivity contribution >= 4 is 5.91 Å². The van der Waals surface area contributed by atoms with E-state index in [0.717, 1.165) is 13.1 Å². The lowest BCUT2D eigenvalue weighted by atomic mass is 10.3. The third-order valence-corrected chi connectivity index (χ3v) is 2.93. The minimum absolute atomic E-state index is 0.0139. The number of piperazine rings is 1. The summed E-state index contributed by atoms with van der Waals surface area (Å²) in [6, 6.07) is 3.03. The van der Waals surface area contributed by atoms with Gasteiger partial charge in [0.15, 0.2) is 12.4 Å². The van der Waals surface area contributed by atoms with Gasteiger partial charge in [-0.3, -0.25) is 4.79 Å². The molecule has 18 heavy (non-hydrogen) atoms.